The van der Waals surface area contributed by atoms with Crippen molar-refractivity contribution in [3.05, 3.63) is 12.7 Å². The molecule has 1 aliphatic heterocycles. The molecule has 0 spiro atoms. The number of carbonyl (C=O) groups is 3. The zero-order valence-electron chi connectivity index (χ0n) is 11.3. The third-order valence-corrected chi connectivity index (χ3v) is 4.40. The summed E-state index contributed by atoms with van der Waals surface area (Å²) in [5, 5.41) is 5.33. The Bertz CT molecular complexity index is 411. The third kappa shape index (κ3) is 3.33. The van der Waals surface area contributed by atoms with Crippen LogP contribution in [-0.4, -0.2) is 46.5 Å². The van der Waals surface area contributed by atoms with Crippen LogP contribution < -0.4 is 10.6 Å². The largest absolute Gasteiger partial charge is 0.335 e. The number of amides is 4. The van der Waals surface area contributed by atoms with Gasteiger partial charge in [-0.3, -0.25) is 14.5 Å². The third-order valence-electron chi connectivity index (χ3n) is 3.57. The first-order valence-corrected chi connectivity index (χ1v) is 7.76. The Labute approximate surface area is 122 Å². The summed E-state index contributed by atoms with van der Waals surface area (Å²) in [7, 11) is 0. The first kappa shape index (κ1) is 14.9. The summed E-state index contributed by atoms with van der Waals surface area (Å²) in [5.74, 6) is 0.0650. The summed E-state index contributed by atoms with van der Waals surface area (Å²) in [6.07, 6.45) is 5.10. The quantitative estimate of drug-likeness (QED) is 0.770. The number of thioether (sulfide) groups is 1. The lowest BCUT2D eigenvalue weighted by Gasteiger charge is -2.36. The number of hydrogen-bond donors (Lipinski definition) is 2. The molecule has 0 bridgehead atoms. The van der Waals surface area contributed by atoms with E-state index in [0.717, 1.165) is 37.4 Å². The summed E-state index contributed by atoms with van der Waals surface area (Å²) in [6, 6.07) is -0.665. The van der Waals surface area contributed by atoms with Crippen molar-refractivity contribution in [3.63, 3.8) is 0 Å². The molecule has 4 amide bonds. The molecule has 2 fully saturated rings. The molecule has 2 atom stereocenters. The zero-order chi connectivity index (χ0) is 14.5. The maximum atomic E-state index is 11.8. The SMILES string of the molecule is C=CCNC(=O)N[C@H]1CCCC[C@H]1N1C(=O)CSC1=O. The van der Waals surface area contributed by atoms with Crippen LogP contribution in [0.4, 0.5) is 9.59 Å². The van der Waals surface area contributed by atoms with Crippen molar-refractivity contribution in [1.82, 2.24) is 15.5 Å². The Morgan fingerprint density at radius 1 is 1.40 bits per heavy atom. The van der Waals surface area contributed by atoms with Crippen molar-refractivity contribution in [3.8, 4) is 0 Å². The Morgan fingerprint density at radius 2 is 2.15 bits per heavy atom. The summed E-state index contributed by atoms with van der Waals surface area (Å²) in [4.78, 5) is 36.7. The zero-order valence-corrected chi connectivity index (χ0v) is 12.1. The Morgan fingerprint density at radius 3 is 2.80 bits per heavy atom. The van der Waals surface area contributed by atoms with Gasteiger partial charge in [-0.1, -0.05) is 30.7 Å². The van der Waals surface area contributed by atoms with Gasteiger partial charge in [0, 0.05) is 6.54 Å². The van der Waals surface area contributed by atoms with E-state index in [1.165, 1.54) is 4.90 Å². The van der Waals surface area contributed by atoms with Crippen LogP contribution in [-0.2, 0) is 4.79 Å². The summed E-state index contributed by atoms with van der Waals surface area (Å²) in [6.45, 7) is 3.92. The fourth-order valence-electron chi connectivity index (χ4n) is 2.66. The molecule has 2 rings (SSSR count). The lowest BCUT2D eigenvalue weighted by atomic mass is 9.89. The lowest BCUT2D eigenvalue weighted by Crippen LogP contribution is -2.56. The second-order valence-electron chi connectivity index (χ2n) is 4.92. The van der Waals surface area contributed by atoms with Crippen molar-refractivity contribution < 1.29 is 14.4 Å². The molecule has 20 heavy (non-hydrogen) atoms. The van der Waals surface area contributed by atoms with Crippen LogP contribution in [0.1, 0.15) is 25.7 Å². The minimum absolute atomic E-state index is 0.148. The van der Waals surface area contributed by atoms with Gasteiger partial charge in [0.1, 0.15) is 0 Å². The molecule has 1 aliphatic carbocycles. The minimum atomic E-state index is -0.284. The van der Waals surface area contributed by atoms with Gasteiger partial charge in [-0.15, -0.1) is 6.58 Å². The fourth-order valence-corrected chi connectivity index (χ4v) is 3.42. The highest BCUT2D eigenvalue weighted by molar-refractivity contribution is 8.14. The molecular weight excluding hydrogens is 278 g/mol. The molecule has 6 nitrogen and oxygen atoms in total. The summed E-state index contributed by atoms with van der Waals surface area (Å²) < 4.78 is 0. The molecule has 2 aliphatic rings. The van der Waals surface area contributed by atoms with Crippen LogP contribution >= 0.6 is 11.8 Å². The number of nitrogens with zero attached hydrogens (tertiary/aromatic N) is 1. The van der Waals surface area contributed by atoms with Crippen LogP contribution in [0.3, 0.4) is 0 Å². The molecule has 1 saturated heterocycles. The van der Waals surface area contributed by atoms with Gasteiger partial charge in [-0.25, -0.2) is 4.79 Å². The highest BCUT2D eigenvalue weighted by Crippen LogP contribution is 2.29. The topological polar surface area (TPSA) is 78.5 Å². The maximum absolute atomic E-state index is 11.8. The standard InChI is InChI=1S/C13H19N3O3S/c1-2-7-14-12(18)15-9-5-3-4-6-10(9)16-11(17)8-20-13(16)19/h2,9-10H,1,3-8H2,(H2,14,15,18)/t9-,10+/m0/s1. The van der Waals surface area contributed by atoms with E-state index in [9.17, 15) is 14.4 Å². The molecule has 0 radical (unpaired) electrons. The Kier molecular flexibility index (Phi) is 5.05. The van der Waals surface area contributed by atoms with E-state index in [4.69, 9.17) is 0 Å². The number of nitrogens with one attached hydrogen (secondary N) is 2. The summed E-state index contributed by atoms with van der Waals surface area (Å²) >= 11 is 1.04. The number of urea groups is 1. The van der Waals surface area contributed by atoms with Crippen LogP contribution in [0.2, 0.25) is 0 Å². The van der Waals surface area contributed by atoms with Crippen molar-refractivity contribution >= 4 is 28.9 Å². The molecule has 0 unspecified atom stereocenters. The molecule has 110 valence electrons. The van der Waals surface area contributed by atoms with Gasteiger partial charge in [0.15, 0.2) is 0 Å². The first-order valence-electron chi connectivity index (χ1n) is 6.77. The normalized spacial score (nSPS) is 26.5. The molecule has 7 heteroatoms. The number of imide groups is 1. The Hall–Kier alpha value is -1.50. The average Bonchev–Trinajstić information content (AvgIpc) is 2.77. The van der Waals surface area contributed by atoms with Crippen LogP contribution in [0, 0.1) is 0 Å². The van der Waals surface area contributed by atoms with Crippen LogP contribution in [0.15, 0.2) is 12.7 Å². The molecule has 2 N–H and O–H groups in total. The smallest absolute Gasteiger partial charge is 0.315 e. The monoisotopic (exact) mass is 297 g/mol. The second kappa shape index (κ2) is 6.78. The van der Waals surface area contributed by atoms with Crippen molar-refractivity contribution in [1.29, 1.82) is 0 Å². The van der Waals surface area contributed by atoms with Crippen LogP contribution in [0.5, 0.6) is 0 Å². The maximum Gasteiger partial charge on any atom is 0.315 e. The second-order valence-corrected chi connectivity index (χ2v) is 5.85. The average molecular weight is 297 g/mol. The van der Waals surface area contributed by atoms with Crippen molar-refractivity contribution in [2.75, 3.05) is 12.3 Å². The molecule has 0 aromatic heterocycles. The van der Waals surface area contributed by atoms with Gasteiger partial charge in [-0.2, -0.15) is 0 Å². The first-order chi connectivity index (χ1) is 9.63. The van der Waals surface area contributed by atoms with Crippen molar-refractivity contribution in [2.45, 2.75) is 37.8 Å². The molecule has 0 aromatic carbocycles. The number of hydrogen-bond acceptors (Lipinski definition) is 4. The van der Waals surface area contributed by atoms with Gasteiger partial charge in [0.25, 0.3) is 5.24 Å². The van der Waals surface area contributed by atoms with E-state index in [1.54, 1.807) is 6.08 Å². The predicted octanol–water partition coefficient (Wildman–Crippen LogP) is 1.48. The fraction of sp³-hybridized carbons (Fsp3) is 0.615. The van der Waals surface area contributed by atoms with Gasteiger partial charge in [0.05, 0.1) is 17.8 Å². The van der Waals surface area contributed by atoms with Gasteiger partial charge < -0.3 is 10.6 Å². The van der Waals surface area contributed by atoms with E-state index >= 15 is 0 Å². The minimum Gasteiger partial charge on any atom is -0.335 e. The van der Waals surface area contributed by atoms with E-state index in [2.05, 4.69) is 17.2 Å². The number of carbonyl (C=O) groups excluding carboxylic acids is 3. The van der Waals surface area contributed by atoms with Gasteiger partial charge >= 0.3 is 6.03 Å². The predicted molar refractivity (Wildman–Crippen MR) is 77.5 cm³/mol. The molecule has 1 heterocycles. The van der Waals surface area contributed by atoms with Gasteiger partial charge in [-0.05, 0) is 12.8 Å². The lowest BCUT2D eigenvalue weighted by molar-refractivity contribution is -0.127. The van der Waals surface area contributed by atoms with Crippen molar-refractivity contribution in [2.24, 2.45) is 0 Å². The van der Waals surface area contributed by atoms with E-state index in [0.29, 0.717) is 6.54 Å². The van der Waals surface area contributed by atoms with Gasteiger partial charge in [0.2, 0.25) is 5.91 Å². The van der Waals surface area contributed by atoms with E-state index in [1.807, 2.05) is 0 Å². The Balaban J connectivity index is 2.01. The van der Waals surface area contributed by atoms with E-state index < -0.39 is 0 Å². The highest BCUT2D eigenvalue weighted by atomic mass is 32.2. The number of rotatable bonds is 4. The summed E-state index contributed by atoms with van der Waals surface area (Å²) in [5.41, 5.74) is 0. The highest BCUT2D eigenvalue weighted by Gasteiger charge is 2.41. The van der Waals surface area contributed by atoms with Crippen LogP contribution in [0.25, 0.3) is 0 Å². The molecule has 0 aromatic rings. The van der Waals surface area contributed by atoms with E-state index in [-0.39, 0.29) is 35.0 Å². The molecule has 1 saturated carbocycles. The molecular formula is C13H19N3O3S.